The highest BCUT2D eigenvalue weighted by atomic mass is 35.5. The summed E-state index contributed by atoms with van der Waals surface area (Å²) >= 11 is 5.73. The van der Waals surface area contributed by atoms with Crippen LogP contribution >= 0.6 is 11.6 Å². The van der Waals surface area contributed by atoms with Crippen molar-refractivity contribution >= 4 is 17.3 Å². The molecule has 0 radical (unpaired) electrons. The molecule has 0 aliphatic heterocycles. The van der Waals surface area contributed by atoms with E-state index in [2.05, 4.69) is 0 Å². The van der Waals surface area contributed by atoms with Gasteiger partial charge >= 0.3 is 0 Å². The number of hydrogen-bond donors (Lipinski definition) is 1. The molecular weight excluding hydrogens is 320 g/mol. The van der Waals surface area contributed by atoms with E-state index in [0.717, 1.165) is 12.1 Å². The minimum atomic E-state index is -2.25. The number of hydrogen-bond acceptors (Lipinski definition) is 1. The minimum absolute atomic E-state index is 0.0766. The first-order valence-electron chi connectivity index (χ1n) is 5.52. The molecule has 0 saturated heterocycles. The molecule has 0 fully saturated rings. The van der Waals surface area contributed by atoms with Crippen LogP contribution in [0.25, 0.3) is 0 Å². The fourth-order valence-electron chi connectivity index (χ4n) is 1.62. The summed E-state index contributed by atoms with van der Waals surface area (Å²) in [7, 11) is 0. The summed E-state index contributed by atoms with van der Waals surface area (Å²) in [5, 5.41) is 2.10. The van der Waals surface area contributed by atoms with E-state index in [1.54, 1.807) is 0 Å². The molecule has 8 heteroatoms. The van der Waals surface area contributed by atoms with Gasteiger partial charge in [0.2, 0.25) is 5.82 Å². The number of benzene rings is 2. The number of rotatable bonds is 3. The van der Waals surface area contributed by atoms with Crippen molar-refractivity contribution in [1.29, 1.82) is 0 Å². The molecule has 0 aliphatic rings. The van der Waals surface area contributed by atoms with Crippen LogP contribution in [0.4, 0.5) is 32.0 Å². The number of anilines is 1. The summed E-state index contributed by atoms with van der Waals surface area (Å²) in [5.74, 6) is -11.0. The summed E-state index contributed by atoms with van der Waals surface area (Å²) in [6.07, 6.45) is 0. The van der Waals surface area contributed by atoms with Gasteiger partial charge < -0.3 is 5.32 Å². The first-order chi connectivity index (χ1) is 9.82. The third-order valence-electron chi connectivity index (χ3n) is 2.67. The Morgan fingerprint density at radius 1 is 0.810 bits per heavy atom. The summed E-state index contributed by atoms with van der Waals surface area (Å²) in [5.41, 5.74) is -1.10. The second-order valence-corrected chi connectivity index (χ2v) is 4.44. The van der Waals surface area contributed by atoms with Gasteiger partial charge in [0.1, 0.15) is 11.5 Å². The Morgan fingerprint density at radius 3 is 1.90 bits per heavy atom. The summed E-state index contributed by atoms with van der Waals surface area (Å²) in [6.45, 7) is -0.422. The van der Waals surface area contributed by atoms with Crippen molar-refractivity contribution in [3.63, 3.8) is 0 Å². The summed E-state index contributed by atoms with van der Waals surface area (Å²) in [4.78, 5) is 0. The highest BCUT2D eigenvalue weighted by Crippen LogP contribution is 2.28. The Bertz CT molecular complexity index is 675. The lowest BCUT2D eigenvalue weighted by atomic mass is 10.2. The molecule has 0 atom stereocenters. The molecule has 2 rings (SSSR count). The van der Waals surface area contributed by atoms with Crippen LogP contribution in [-0.2, 0) is 6.54 Å². The lowest BCUT2D eigenvalue weighted by molar-refractivity contribution is 0.381. The monoisotopic (exact) mass is 325 g/mol. The Hall–Kier alpha value is -1.89. The van der Waals surface area contributed by atoms with E-state index in [0.29, 0.717) is 0 Å². The number of halogens is 7. The van der Waals surface area contributed by atoms with Crippen LogP contribution in [0.15, 0.2) is 18.2 Å². The summed E-state index contributed by atoms with van der Waals surface area (Å²) in [6, 6.07) is 3.23. The molecule has 21 heavy (non-hydrogen) atoms. The third kappa shape index (κ3) is 2.92. The predicted octanol–water partition coefficient (Wildman–Crippen LogP) is 4.79. The number of nitrogens with one attached hydrogen (secondary N) is 1. The van der Waals surface area contributed by atoms with Crippen LogP contribution < -0.4 is 5.32 Å². The second-order valence-electron chi connectivity index (χ2n) is 4.03. The molecule has 0 bridgehead atoms. The van der Waals surface area contributed by atoms with E-state index in [9.17, 15) is 26.3 Å². The molecule has 0 aromatic heterocycles. The molecule has 1 N–H and O–H groups in total. The van der Waals surface area contributed by atoms with Gasteiger partial charge in [-0.1, -0.05) is 11.6 Å². The van der Waals surface area contributed by atoms with Crippen LogP contribution in [0.3, 0.4) is 0 Å². The van der Waals surface area contributed by atoms with Crippen LogP contribution in [0.2, 0.25) is 5.02 Å². The molecule has 0 unspecified atom stereocenters. The zero-order valence-corrected chi connectivity index (χ0v) is 10.8. The zero-order chi connectivity index (χ0) is 15.7. The second kappa shape index (κ2) is 5.85. The molecule has 2 aromatic rings. The molecule has 0 heterocycles. The van der Waals surface area contributed by atoms with E-state index in [-0.39, 0.29) is 10.6 Å². The SMILES string of the molecule is Fc1ccc(Cl)c(CNc2c(F)c(F)c(F)c(F)c2F)c1. The fourth-order valence-corrected chi connectivity index (χ4v) is 1.81. The van der Waals surface area contributed by atoms with E-state index < -0.39 is 47.1 Å². The summed E-state index contributed by atoms with van der Waals surface area (Å²) < 4.78 is 78.6. The lowest BCUT2D eigenvalue weighted by Crippen LogP contribution is -2.10. The van der Waals surface area contributed by atoms with E-state index >= 15 is 0 Å². The van der Waals surface area contributed by atoms with Crippen molar-refractivity contribution < 1.29 is 26.3 Å². The van der Waals surface area contributed by atoms with Gasteiger partial charge in [0.25, 0.3) is 0 Å². The standard InChI is InChI=1S/C13H6ClF6N/c14-7-2-1-6(15)3-5(7)4-21-13-11(19)9(17)8(16)10(18)12(13)20/h1-3,21H,4H2. The molecule has 0 saturated carbocycles. The normalized spacial score (nSPS) is 10.8. The van der Waals surface area contributed by atoms with Crippen molar-refractivity contribution in [1.82, 2.24) is 0 Å². The van der Waals surface area contributed by atoms with Crippen molar-refractivity contribution in [2.75, 3.05) is 5.32 Å². The Morgan fingerprint density at radius 2 is 1.33 bits per heavy atom. The smallest absolute Gasteiger partial charge is 0.200 e. The maximum Gasteiger partial charge on any atom is 0.200 e. The quantitative estimate of drug-likeness (QED) is 0.486. The van der Waals surface area contributed by atoms with Gasteiger partial charge in [-0.25, -0.2) is 26.3 Å². The van der Waals surface area contributed by atoms with Crippen molar-refractivity contribution in [2.45, 2.75) is 6.54 Å². The van der Waals surface area contributed by atoms with Gasteiger partial charge in [-0.2, -0.15) is 0 Å². The molecular formula is C13H6ClF6N. The molecule has 0 aliphatic carbocycles. The lowest BCUT2D eigenvalue weighted by Gasteiger charge is -2.11. The molecule has 0 spiro atoms. The van der Waals surface area contributed by atoms with Crippen LogP contribution in [0, 0.1) is 34.9 Å². The average Bonchev–Trinajstić information content (AvgIpc) is 2.46. The van der Waals surface area contributed by atoms with Gasteiger partial charge in [-0.05, 0) is 23.8 Å². The molecule has 112 valence electrons. The topological polar surface area (TPSA) is 12.0 Å². The average molecular weight is 326 g/mol. The highest BCUT2D eigenvalue weighted by molar-refractivity contribution is 6.31. The van der Waals surface area contributed by atoms with Gasteiger partial charge in [0.15, 0.2) is 23.3 Å². The Labute approximate surface area is 120 Å². The van der Waals surface area contributed by atoms with E-state index in [1.807, 2.05) is 5.32 Å². The van der Waals surface area contributed by atoms with Crippen LogP contribution in [0.5, 0.6) is 0 Å². The predicted molar refractivity (Wildman–Crippen MR) is 65.0 cm³/mol. The Kier molecular flexibility index (Phi) is 4.32. The maximum absolute atomic E-state index is 13.4. The van der Waals surface area contributed by atoms with Gasteiger partial charge in [0, 0.05) is 11.6 Å². The largest absolute Gasteiger partial charge is 0.376 e. The van der Waals surface area contributed by atoms with Gasteiger partial charge in [-0.15, -0.1) is 0 Å². The van der Waals surface area contributed by atoms with Gasteiger partial charge in [0.05, 0.1) is 0 Å². The van der Waals surface area contributed by atoms with Crippen molar-refractivity contribution in [2.24, 2.45) is 0 Å². The third-order valence-corrected chi connectivity index (χ3v) is 3.04. The molecule has 0 amide bonds. The minimum Gasteiger partial charge on any atom is -0.376 e. The first kappa shape index (κ1) is 15.5. The van der Waals surface area contributed by atoms with Crippen LogP contribution in [-0.4, -0.2) is 0 Å². The fraction of sp³-hybridized carbons (Fsp3) is 0.0769. The van der Waals surface area contributed by atoms with E-state index in [1.165, 1.54) is 6.07 Å². The zero-order valence-electron chi connectivity index (χ0n) is 10.1. The van der Waals surface area contributed by atoms with Gasteiger partial charge in [-0.3, -0.25) is 0 Å². The first-order valence-corrected chi connectivity index (χ1v) is 5.90. The Balaban J connectivity index is 2.35. The highest BCUT2D eigenvalue weighted by Gasteiger charge is 2.25. The maximum atomic E-state index is 13.4. The van der Waals surface area contributed by atoms with Crippen molar-refractivity contribution in [3.8, 4) is 0 Å². The molecule has 1 nitrogen and oxygen atoms in total. The van der Waals surface area contributed by atoms with E-state index in [4.69, 9.17) is 11.6 Å². The van der Waals surface area contributed by atoms with Crippen LogP contribution in [0.1, 0.15) is 5.56 Å². The van der Waals surface area contributed by atoms with Crippen molar-refractivity contribution in [3.05, 3.63) is 63.7 Å². The molecule has 2 aromatic carbocycles.